The molecule has 33 heavy (non-hydrogen) atoms. The summed E-state index contributed by atoms with van der Waals surface area (Å²) in [7, 11) is 0. The molecule has 0 spiro atoms. The normalized spacial score (nSPS) is 16.3. The number of nitrogens with zero attached hydrogens (tertiary/aromatic N) is 6. The zero-order chi connectivity index (χ0) is 23.0. The summed E-state index contributed by atoms with van der Waals surface area (Å²) >= 11 is 0. The molecule has 6 nitrogen and oxygen atoms in total. The molecule has 1 aliphatic rings. The summed E-state index contributed by atoms with van der Waals surface area (Å²) in [6, 6.07) is 9.54. The van der Waals surface area contributed by atoms with E-state index >= 15 is 0 Å². The minimum Gasteiger partial charge on any atom is -0.304 e. The van der Waals surface area contributed by atoms with Crippen LogP contribution < -0.4 is 0 Å². The summed E-state index contributed by atoms with van der Waals surface area (Å²) in [5.41, 5.74) is 2.18. The van der Waals surface area contributed by atoms with E-state index in [0.717, 1.165) is 29.6 Å². The second-order valence-corrected chi connectivity index (χ2v) is 8.03. The minimum atomic E-state index is -4.41. The first-order valence-corrected chi connectivity index (χ1v) is 10.6. The van der Waals surface area contributed by atoms with Gasteiger partial charge in [-0.15, -0.1) is 0 Å². The molecule has 0 fully saturated rings. The Bertz CT molecular complexity index is 1300. The Labute approximate surface area is 188 Å². The van der Waals surface area contributed by atoms with Crippen molar-refractivity contribution in [3.05, 3.63) is 89.3 Å². The van der Waals surface area contributed by atoms with E-state index in [0.29, 0.717) is 24.6 Å². The first kappa shape index (κ1) is 21.1. The first-order valence-electron chi connectivity index (χ1n) is 10.6. The zero-order valence-electron chi connectivity index (χ0n) is 17.9. The molecule has 4 heterocycles. The van der Waals surface area contributed by atoms with Crippen molar-refractivity contribution in [1.82, 2.24) is 29.3 Å². The van der Waals surface area contributed by atoms with Crippen molar-refractivity contribution in [3.8, 4) is 5.69 Å². The molecule has 0 aliphatic carbocycles. The van der Waals surface area contributed by atoms with Gasteiger partial charge in [0.15, 0.2) is 5.82 Å². The Morgan fingerprint density at radius 3 is 2.64 bits per heavy atom. The molecule has 1 aliphatic heterocycles. The maximum Gasteiger partial charge on any atom is 0.416 e. The van der Waals surface area contributed by atoms with Crippen molar-refractivity contribution in [2.45, 2.75) is 38.4 Å². The summed E-state index contributed by atoms with van der Waals surface area (Å²) in [6.07, 6.45) is 5.86. The SMILES string of the molecule is Cc1cn(-c2ccc(C=Cc3nc4n(n3)CCC[C@H]4c3ccccc3C(F)(F)F)nc2)cn1. The van der Waals surface area contributed by atoms with E-state index in [9.17, 15) is 13.2 Å². The number of pyridine rings is 1. The van der Waals surface area contributed by atoms with Crippen LogP contribution in [0.3, 0.4) is 0 Å². The van der Waals surface area contributed by atoms with Crippen LogP contribution in [0.5, 0.6) is 0 Å². The summed E-state index contributed by atoms with van der Waals surface area (Å²) < 4.78 is 44.3. The van der Waals surface area contributed by atoms with E-state index in [1.165, 1.54) is 6.07 Å². The van der Waals surface area contributed by atoms with Gasteiger partial charge in [-0.25, -0.2) is 14.6 Å². The van der Waals surface area contributed by atoms with Crippen molar-refractivity contribution in [1.29, 1.82) is 0 Å². The first-order chi connectivity index (χ1) is 15.9. The van der Waals surface area contributed by atoms with Crippen LogP contribution in [-0.4, -0.2) is 29.3 Å². The molecule has 3 aromatic heterocycles. The number of fused-ring (bicyclic) bond motifs is 1. The summed E-state index contributed by atoms with van der Waals surface area (Å²) in [5.74, 6) is 0.580. The maximum absolute atomic E-state index is 13.6. The number of aryl methyl sites for hydroxylation is 2. The smallest absolute Gasteiger partial charge is 0.304 e. The van der Waals surface area contributed by atoms with Crippen LogP contribution in [0.25, 0.3) is 17.8 Å². The largest absolute Gasteiger partial charge is 0.416 e. The van der Waals surface area contributed by atoms with Gasteiger partial charge in [-0.2, -0.15) is 18.3 Å². The summed E-state index contributed by atoms with van der Waals surface area (Å²) in [4.78, 5) is 13.2. The van der Waals surface area contributed by atoms with Gasteiger partial charge in [-0.1, -0.05) is 18.2 Å². The molecule has 0 amide bonds. The highest BCUT2D eigenvalue weighted by Crippen LogP contribution is 2.40. The fourth-order valence-electron chi connectivity index (χ4n) is 4.16. The quantitative estimate of drug-likeness (QED) is 0.424. The molecular formula is C24H21F3N6. The zero-order valence-corrected chi connectivity index (χ0v) is 17.9. The summed E-state index contributed by atoms with van der Waals surface area (Å²) in [6.45, 7) is 2.56. The lowest BCUT2D eigenvalue weighted by molar-refractivity contribution is -0.138. The van der Waals surface area contributed by atoms with Gasteiger partial charge in [-0.05, 0) is 55.7 Å². The van der Waals surface area contributed by atoms with Crippen LogP contribution in [-0.2, 0) is 12.7 Å². The van der Waals surface area contributed by atoms with Gasteiger partial charge in [-0.3, -0.25) is 4.98 Å². The Balaban J connectivity index is 1.40. The Morgan fingerprint density at radius 2 is 1.91 bits per heavy atom. The monoisotopic (exact) mass is 450 g/mol. The fraction of sp³-hybridized carbons (Fsp3) is 0.250. The maximum atomic E-state index is 13.6. The predicted octanol–water partition coefficient (Wildman–Crippen LogP) is 5.28. The highest BCUT2D eigenvalue weighted by Gasteiger charge is 2.37. The molecule has 4 aromatic rings. The van der Waals surface area contributed by atoms with Crippen LogP contribution in [0, 0.1) is 6.92 Å². The van der Waals surface area contributed by atoms with E-state index in [4.69, 9.17) is 0 Å². The number of hydrogen-bond acceptors (Lipinski definition) is 4. The Kier molecular flexibility index (Phi) is 5.32. The Morgan fingerprint density at radius 1 is 1.06 bits per heavy atom. The van der Waals surface area contributed by atoms with E-state index in [2.05, 4.69) is 20.1 Å². The third kappa shape index (κ3) is 4.30. The fourth-order valence-corrected chi connectivity index (χ4v) is 4.16. The van der Waals surface area contributed by atoms with Gasteiger partial charge in [0.2, 0.25) is 0 Å². The molecule has 168 valence electrons. The number of benzene rings is 1. The van der Waals surface area contributed by atoms with E-state index in [1.54, 1.807) is 41.5 Å². The molecule has 0 saturated carbocycles. The molecule has 0 bridgehead atoms. The molecule has 0 N–H and O–H groups in total. The number of rotatable bonds is 4. The van der Waals surface area contributed by atoms with E-state index < -0.39 is 17.7 Å². The van der Waals surface area contributed by atoms with Gasteiger partial charge in [0.1, 0.15) is 5.82 Å². The summed E-state index contributed by atoms with van der Waals surface area (Å²) in [5, 5.41) is 4.50. The molecule has 5 rings (SSSR count). The lowest BCUT2D eigenvalue weighted by Gasteiger charge is -2.25. The predicted molar refractivity (Wildman–Crippen MR) is 118 cm³/mol. The second-order valence-electron chi connectivity index (χ2n) is 8.03. The highest BCUT2D eigenvalue weighted by atomic mass is 19.4. The van der Waals surface area contributed by atoms with Gasteiger partial charge in [0.25, 0.3) is 0 Å². The second kappa shape index (κ2) is 8.31. The average molecular weight is 450 g/mol. The molecule has 0 saturated heterocycles. The van der Waals surface area contributed by atoms with Crippen LogP contribution in [0.2, 0.25) is 0 Å². The standard InChI is InChI=1S/C24H21F3N6/c1-16-14-32(15-29-16)18-10-8-17(28-13-18)9-11-22-30-23-20(6-4-12-33(23)31-22)19-5-2-3-7-21(19)24(25,26)27/h2-3,5,7-11,13-15,20H,4,6,12H2,1H3/t20-/m0/s1. The number of hydrogen-bond donors (Lipinski definition) is 0. The Hall–Kier alpha value is -3.75. The van der Waals surface area contributed by atoms with E-state index in [-0.39, 0.29) is 5.56 Å². The van der Waals surface area contributed by atoms with Crippen LogP contribution >= 0.6 is 0 Å². The molecule has 0 radical (unpaired) electrons. The van der Waals surface area contributed by atoms with Gasteiger partial charge >= 0.3 is 6.18 Å². The van der Waals surface area contributed by atoms with Crippen molar-refractivity contribution < 1.29 is 13.2 Å². The number of aromatic nitrogens is 6. The minimum absolute atomic E-state index is 0.251. The number of halogens is 3. The molecule has 0 unspecified atom stereocenters. The van der Waals surface area contributed by atoms with E-state index in [1.807, 2.05) is 29.8 Å². The third-order valence-corrected chi connectivity index (χ3v) is 5.72. The van der Waals surface area contributed by atoms with Crippen molar-refractivity contribution >= 4 is 12.2 Å². The van der Waals surface area contributed by atoms with Gasteiger partial charge in [0, 0.05) is 18.7 Å². The van der Waals surface area contributed by atoms with Crippen molar-refractivity contribution in [2.24, 2.45) is 0 Å². The average Bonchev–Trinajstić information content (AvgIpc) is 3.43. The van der Waals surface area contributed by atoms with Crippen LogP contribution in [0.15, 0.2) is 55.1 Å². The lowest BCUT2D eigenvalue weighted by Crippen LogP contribution is -2.21. The molecule has 1 atom stereocenters. The molecular weight excluding hydrogens is 429 g/mol. The van der Waals surface area contributed by atoms with Crippen molar-refractivity contribution in [3.63, 3.8) is 0 Å². The number of imidazole rings is 1. The van der Waals surface area contributed by atoms with Crippen LogP contribution in [0.1, 0.15) is 52.9 Å². The van der Waals surface area contributed by atoms with Crippen molar-refractivity contribution in [2.75, 3.05) is 0 Å². The number of alkyl halides is 3. The van der Waals surface area contributed by atoms with Crippen LogP contribution in [0.4, 0.5) is 13.2 Å². The third-order valence-electron chi connectivity index (χ3n) is 5.72. The lowest BCUT2D eigenvalue weighted by atomic mass is 9.88. The molecule has 1 aromatic carbocycles. The van der Waals surface area contributed by atoms with Gasteiger partial charge in [0.05, 0.1) is 35.2 Å². The topological polar surface area (TPSA) is 61.4 Å². The van der Waals surface area contributed by atoms with Gasteiger partial charge < -0.3 is 4.57 Å². The molecule has 9 heteroatoms. The highest BCUT2D eigenvalue weighted by molar-refractivity contribution is 5.64.